The molecule has 1 saturated heterocycles. The third kappa shape index (κ3) is 3.36. The van der Waals surface area contributed by atoms with E-state index in [1.54, 1.807) is 11.8 Å². The summed E-state index contributed by atoms with van der Waals surface area (Å²) in [6.45, 7) is 2.34. The number of hydrogen-bond donors (Lipinski definition) is 0. The highest BCUT2D eigenvalue weighted by atomic mass is 35.5. The van der Waals surface area contributed by atoms with Gasteiger partial charge >= 0.3 is 0 Å². The molecule has 0 atom stereocenters. The number of carbonyl (C=O) groups is 1. The monoisotopic (exact) mass is 333 g/mol. The van der Waals surface area contributed by atoms with Crippen LogP contribution in [0.5, 0.6) is 0 Å². The van der Waals surface area contributed by atoms with Crippen molar-refractivity contribution in [3.63, 3.8) is 0 Å². The van der Waals surface area contributed by atoms with Crippen LogP contribution in [0, 0.1) is 0 Å². The first-order valence-electron chi connectivity index (χ1n) is 7.20. The quantitative estimate of drug-likeness (QED) is 0.810. The topological polar surface area (TPSA) is 45.6 Å². The van der Waals surface area contributed by atoms with E-state index in [1.165, 1.54) is 11.3 Å². The lowest BCUT2D eigenvalue weighted by atomic mass is 10.1. The van der Waals surface area contributed by atoms with Gasteiger partial charge in [0.25, 0.3) is 0 Å². The Kier molecular flexibility index (Phi) is 4.55. The zero-order chi connectivity index (χ0) is 15.5. The molecule has 1 aliphatic heterocycles. The zero-order valence-corrected chi connectivity index (χ0v) is 13.8. The van der Waals surface area contributed by atoms with E-state index in [2.05, 4.69) is 9.98 Å². The van der Waals surface area contributed by atoms with Crippen molar-refractivity contribution in [1.82, 2.24) is 9.88 Å². The summed E-state index contributed by atoms with van der Waals surface area (Å²) in [5, 5.41) is 3.37. The van der Waals surface area contributed by atoms with E-state index in [-0.39, 0.29) is 5.91 Å². The Morgan fingerprint density at radius 1 is 1.32 bits per heavy atom. The van der Waals surface area contributed by atoms with Gasteiger partial charge in [-0.1, -0.05) is 23.7 Å². The summed E-state index contributed by atoms with van der Waals surface area (Å²) in [7, 11) is 0. The molecule has 0 radical (unpaired) electrons. The molecular weight excluding hydrogens is 318 g/mol. The molecule has 1 aromatic carbocycles. The number of hydrogen-bond acceptors (Lipinski definition) is 4. The van der Waals surface area contributed by atoms with Crippen LogP contribution in [-0.2, 0) is 4.79 Å². The van der Waals surface area contributed by atoms with Crippen molar-refractivity contribution in [2.24, 2.45) is 4.99 Å². The summed E-state index contributed by atoms with van der Waals surface area (Å²) in [6, 6.07) is 7.58. The highest BCUT2D eigenvalue weighted by Gasteiger charge is 2.20. The Hall–Kier alpha value is -1.72. The zero-order valence-electron chi connectivity index (χ0n) is 12.3. The van der Waals surface area contributed by atoms with Crippen molar-refractivity contribution < 1.29 is 4.79 Å². The van der Waals surface area contributed by atoms with Crippen LogP contribution in [-0.4, -0.2) is 28.2 Å². The van der Waals surface area contributed by atoms with Crippen LogP contribution in [0.2, 0.25) is 5.02 Å². The van der Waals surface area contributed by atoms with E-state index in [9.17, 15) is 4.79 Å². The normalized spacial score (nSPS) is 17.0. The van der Waals surface area contributed by atoms with Crippen LogP contribution < -0.4 is 0 Å². The molecule has 3 rings (SSSR count). The van der Waals surface area contributed by atoms with Crippen molar-refractivity contribution in [1.29, 1.82) is 0 Å². The van der Waals surface area contributed by atoms with Gasteiger partial charge in [0.1, 0.15) is 5.84 Å². The van der Waals surface area contributed by atoms with Crippen molar-refractivity contribution in [2.75, 3.05) is 6.54 Å². The second kappa shape index (κ2) is 6.58. The minimum Gasteiger partial charge on any atom is -0.300 e. The number of thiazole rings is 1. The van der Waals surface area contributed by atoms with Gasteiger partial charge in [0.05, 0.1) is 5.69 Å². The molecule has 0 bridgehead atoms. The van der Waals surface area contributed by atoms with Crippen LogP contribution in [0.3, 0.4) is 0 Å². The Balaban J connectivity index is 1.85. The minimum atomic E-state index is 0.0490. The van der Waals surface area contributed by atoms with Gasteiger partial charge in [0.2, 0.25) is 11.0 Å². The lowest BCUT2D eigenvalue weighted by Crippen LogP contribution is -2.38. The summed E-state index contributed by atoms with van der Waals surface area (Å²) >= 11 is 7.39. The van der Waals surface area contributed by atoms with E-state index >= 15 is 0 Å². The Morgan fingerprint density at radius 3 is 2.82 bits per heavy atom. The lowest BCUT2D eigenvalue weighted by molar-refractivity contribution is -0.125. The van der Waals surface area contributed by atoms with Crippen LogP contribution >= 0.6 is 22.9 Å². The molecule has 2 heterocycles. The second-order valence-electron chi connectivity index (χ2n) is 5.18. The second-order valence-corrected chi connectivity index (χ2v) is 6.45. The highest BCUT2D eigenvalue weighted by Crippen LogP contribution is 2.28. The van der Waals surface area contributed by atoms with Crippen molar-refractivity contribution >= 4 is 39.8 Å². The summed E-state index contributed by atoms with van der Waals surface area (Å²) in [6.07, 6.45) is 2.93. The molecule has 0 saturated carbocycles. The molecule has 4 nitrogen and oxygen atoms in total. The van der Waals surface area contributed by atoms with Gasteiger partial charge in [-0.15, -0.1) is 11.3 Å². The average molecular weight is 334 g/mol. The van der Waals surface area contributed by atoms with E-state index < -0.39 is 0 Å². The first-order chi connectivity index (χ1) is 10.6. The van der Waals surface area contributed by atoms with Gasteiger partial charge in [-0.05, 0) is 25.0 Å². The molecular formula is C16H16ClN3OS. The third-order valence-corrected chi connectivity index (χ3v) is 4.57. The molecule has 0 aliphatic carbocycles. The van der Waals surface area contributed by atoms with Crippen molar-refractivity contribution in [2.45, 2.75) is 26.2 Å². The summed E-state index contributed by atoms with van der Waals surface area (Å²) in [5.41, 5.74) is 1.89. The number of amidine groups is 1. The molecule has 0 spiro atoms. The summed E-state index contributed by atoms with van der Waals surface area (Å²) in [4.78, 5) is 22.6. The Morgan fingerprint density at radius 2 is 2.09 bits per heavy atom. The molecule has 0 unspecified atom stereocenters. The van der Waals surface area contributed by atoms with Crippen LogP contribution in [0.4, 0.5) is 5.13 Å². The molecule has 22 heavy (non-hydrogen) atoms. The van der Waals surface area contributed by atoms with Crippen molar-refractivity contribution in [3.05, 3.63) is 34.7 Å². The van der Waals surface area contributed by atoms with E-state index in [0.717, 1.165) is 42.9 Å². The highest BCUT2D eigenvalue weighted by molar-refractivity contribution is 7.13. The maximum atomic E-state index is 11.7. The van der Waals surface area contributed by atoms with Gasteiger partial charge in [-0.25, -0.2) is 9.98 Å². The number of piperidine rings is 1. The average Bonchev–Trinajstić information content (AvgIpc) is 2.97. The number of aliphatic imine (C=N–C) groups is 1. The number of carbonyl (C=O) groups excluding carboxylic acids is 1. The fourth-order valence-electron chi connectivity index (χ4n) is 2.45. The standard InChI is InChI=1S/C16H16ClN3OS/c1-11(21)20-9-3-2-4-15(20)19-16-18-14(10-22-16)12-5-7-13(17)8-6-12/h5-8,10H,2-4,9H2,1H3. The van der Waals surface area contributed by atoms with Crippen molar-refractivity contribution in [3.8, 4) is 11.3 Å². The number of halogens is 1. The molecule has 2 aromatic rings. The molecule has 1 aliphatic rings. The largest absolute Gasteiger partial charge is 0.300 e. The van der Waals surface area contributed by atoms with Crippen LogP contribution in [0.1, 0.15) is 26.2 Å². The number of aromatic nitrogens is 1. The smallest absolute Gasteiger partial charge is 0.224 e. The van der Waals surface area contributed by atoms with Gasteiger partial charge < -0.3 is 4.90 Å². The fourth-order valence-corrected chi connectivity index (χ4v) is 3.29. The van der Waals surface area contributed by atoms with Gasteiger partial charge in [0.15, 0.2) is 0 Å². The first kappa shape index (κ1) is 15.2. The van der Waals surface area contributed by atoms with E-state index in [0.29, 0.717) is 10.2 Å². The van der Waals surface area contributed by atoms with Crippen LogP contribution in [0.25, 0.3) is 11.3 Å². The maximum absolute atomic E-state index is 11.7. The predicted octanol–water partition coefficient (Wildman–Crippen LogP) is 4.53. The fraction of sp³-hybridized carbons (Fsp3) is 0.312. The first-order valence-corrected chi connectivity index (χ1v) is 8.46. The Bertz CT molecular complexity index is 708. The Labute approximate surface area is 138 Å². The predicted molar refractivity (Wildman–Crippen MR) is 90.9 cm³/mol. The minimum absolute atomic E-state index is 0.0490. The number of benzene rings is 1. The van der Waals surface area contributed by atoms with E-state index in [1.807, 2.05) is 29.6 Å². The summed E-state index contributed by atoms with van der Waals surface area (Å²) in [5.74, 6) is 0.878. The number of likely N-dealkylation sites (tertiary alicyclic amines) is 1. The SMILES string of the molecule is CC(=O)N1CCCCC1=Nc1nc(-c2ccc(Cl)cc2)cs1. The van der Waals surface area contributed by atoms with Crippen LogP contribution in [0.15, 0.2) is 34.6 Å². The molecule has 1 amide bonds. The number of nitrogens with zero attached hydrogens (tertiary/aromatic N) is 3. The number of amides is 1. The lowest BCUT2D eigenvalue weighted by Gasteiger charge is -2.26. The van der Waals surface area contributed by atoms with E-state index in [4.69, 9.17) is 11.6 Å². The van der Waals surface area contributed by atoms with Gasteiger partial charge in [-0.2, -0.15) is 0 Å². The number of rotatable bonds is 2. The molecule has 0 N–H and O–H groups in total. The van der Waals surface area contributed by atoms with Gasteiger partial charge in [0, 0.05) is 35.9 Å². The maximum Gasteiger partial charge on any atom is 0.224 e. The third-order valence-electron chi connectivity index (χ3n) is 3.58. The molecule has 114 valence electrons. The molecule has 1 aromatic heterocycles. The molecule has 1 fully saturated rings. The summed E-state index contributed by atoms with van der Waals surface area (Å²) < 4.78 is 0. The molecule has 6 heteroatoms. The van der Waals surface area contributed by atoms with Gasteiger partial charge in [-0.3, -0.25) is 4.79 Å².